The van der Waals surface area contributed by atoms with Gasteiger partial charge in [-0.1, -0.05) is 36.4 Å². The molecule has 2 aromatic carbocycles. The quantitative estimate of drug-likeness (QED) is 0.327. The van der Waals surface area contributed by atoms with Gasteiger partial charge in [0.2, 0.25) is 0 Å². The molecule has 9 heteroatoms. The fourth-order valence-electron chi connectivity index (χ4n) is 5.02. The van der Waals surface area contributed by atoms with E-state index in [0.29, 0.717) is 36.3 Å². The van der Waals surface area contributed by atoms with Crippen LogP contribution in [-0.4, -0.2) is 32.9 Å². The predicted octanol–water partition coefficient (Wildman–Crippen LogP) is 5.63. The summed E-state index contributed by atoms with van der Waals surface area (Å²) in [5, 5.41) is 19.6. The number of pyridine rings is 1. The number of aryl methyl sites for hydroxylation is 1. The SMILES string of the molecule is Cn1cc(-c2ccc(N(C(=O)NCc3ccccc3)C3CCC(Nc4ccc(C#N)cn4)CC3)c(F)c2)cn1. The third kappa shape index (κ3) is 6.24. The van der Waals surface area contributed by atoms with E-state index >= 15 is 4.39 Å². The number of rotatable bonds is 7. The topological polar surface area (TPSA) is 98.9 Å². The summed E-state index contributed by atoms with van der Waals surface area (Å²) in [5.74, 6) is 0.264. The van der Waals surface area contributed by atoms with Crippen LogP contribution in [0.15, 0.2) is 79.3 Å². The number of carbonyl (C=O) groups is 1. The van der Waals surface area contributed by atoms with Gasteiger partial charge in [0, 0.05) is 43.6 Å². The minimum Gasteiger partial charge on any atom is -0.367 e. The molecule has 0 atom stereocenters. The Labute approximate surface area is 227 Å². The van der Waals surface area contributed by atoms with E-state index in [1.165, 1.54) is 6.07 Å². The van der Waals surface area contributed by atoms with Gasteiger partial charge in [0.15, 0.2) is 0 Å². The zero-order chi connectivity index (χ0) is 27.2. The molecule has 1 fully saturated rings. The van der Waals surface area contributed by atoms with Crippen LogP contribution in [0.2, 0.25) is 0 Å². The van der Waals surface area contributed by atoms with Crippen molar-refractivity contribution in [2.45, 2.75) is 44.3 Å². The fourth-order valence-corrected chi connectivity index (χ4v) is 5.02. The molecule has 1 saturated carbocycles. The minimum absolute atomic E-state index is 0.161. The number of nitrogens with zero attached hydrogens (tertiary/aromatic N) is 5. The van der Waals surface area contributed by atoms with E-state index < -0.39 is 5.82 Å². The summed E-state index contributed by atoms with van der Waals surface area (Å²) >= 11 is 0. The van der Waals surface area contributed by atoms with Gasteiger partial charge < -0.3 is 10.6 Å². The van der Waals surface area contributed by atoms with Crippen LogP contribution in [0.3, 0.4) is 0 Å². The number of hydrogen-bond acceptors (Lipinski definition) is 5. The second-order valence-corrected chi connectivity index (χ2v) is 9.78. The van der Waals surface area contributed by atoms with Gasteiger partial charge in [-0.05, 0) is 61.1 Å². The van der Waals surface area contributed by atoms with E-state index in [1.54, 1.807) is 40.2 Å². The summed E-state index contributed by atoms with van der Waals surface area (Å²) in [5.41, 5.74) is 3.26. The highest BCUT2D eigenvalue weighted by Crippen LogP contribution is 2.33. The van der Waals surface area contributed by atoms with Crippen molar-refractivity contribution in [3.05, 3.63) is 96.2 Å². The number of benzene rings is 2. The molecule has 0 radical (unpaired) electrons. The first-order valence-corrected chi connectivity index (χ1v) is 13.0. The number of anilines is 2. The van der Waals surface area contributed by atoms with Crippen LogP contribution in [0.4, 0.5) is 20.7 Å². The maximum absolute atomic E-state index is 15.6. The monoisotopic (exact) mass is 523 g/mol. The van der Waals surface area contributed by atoms with Crippen molar-refractivity contribution in [2.75, 3.05) is 10.2 Å². The normalized spacial score (nSPS) is 16.7. The van der Waals surface area contributed by atoms with E-state index in [0.717, 1.165) is 24.0 Å². The van der Waals surface area contributed by atoms with Crippen LogP contribution in [0.1, 0.15) is 36.8 Å². The van der Waals surface area contributed by atoms with Crippen LogP contribution in [0.25, 0.3) is 11.1 Å². The first kappa shape index (κ1) is 25.9. The highest BCUT2D eigenvalue weighted by molar-refractivity contribution is 5.93. The molecule has 2 aromatic heterocycles. The summed E-state index contributed by atoms with van der Waals surface area (Å²) in [6.45, 7) is 0.354. The molecule has 198 valence electrons. The van der Waals surface area contributed by atoms with Crippen molar-refractivity contribution in [2.24, 2.45) is 7.05 Å². The van der Waals surface area contributed by atoms with Crippen LogP contribution >= 0.6 is 0 Å². The molecule has 4 aromatic rings. The van der Waals surface area contributed by atoms with Crippen molar-refractivity contribution < 1.29 is 9.18 Å². The van der Waals surface area contributed by atoms with E-state index in [4.69, 9.17) is 5.26 Å². The molecule has 39 heavy (non-hydrogen) atoms. The van der Waals surface area contributed by atoms with E-state index in [1.807, 2.05) is 49.6 Å². The van der Waals surface area contributed by atoms with E-state index in [9.17, 15) is 4.79 Å². The Morgan fingerprint density at radius 2 is 1.87 bits per heavy atom. The summed E-state index contributed by atoms with van der Waals surface area (Å²) < 4.78 is 17.3. The average molecular weight is 524 g/mol. The highest BCUT2D eigenvalue weighted by atomic mass is 19.1. The Hall–Kier alpha value is -4.71. The molecule has 0 saturated heterocycles. The molecular weight excluding hydrogens is 493 g/mol. The lowest BCUT2D eigenvalue weighted by molar-refractivity contribution is 0.240. The van der Waals surface area contributed by atoms with Gasteiger partial charge in [-0.2, -0.15) is 10.4 Å². The average Bonchev–Trinajstić information content (AvgIpc) is 3.41. The second kappa shape index (κ2) is 11.8. The van der Waals surface area contributed by atoms with Gasteiger partial charge in [0.1, 0.15) is 17.7 Å². The Bertz CT molecular complexity index is 1450. The van der Waals surface area contributed by atoms with Crippen LogP contribution < -0.4 is 15.5 Å². The Morgan fingerprint density at radius 1 is 1.08 bits per heavy atom. The molecule has 2 heterocycles. The smallest absolute Gasteiger partial charge is 0.322 e. The second-order valence-electron chi connectivity index (χ2n) is 9.78. The van der Waals surface area contributed by atoms with Crippen LogP contribution in [-0.2, 0) is 13.6 Å². The van der Waals surface area contributed by atoms with Gasteiger partial charge >= 0.3 is 6.03 Å². The van der Waals surface area contributed by atoms with E-state index in [-0.39, 0.29) is 23.8 Å². The van der Waals surface area contributed by atoms with Gasteiger partial charge in [-0.3, -0.25) is 9.58 Å². The molecule has 8 nitrogen and oxygen atoms in total. The first-order chi connectivity index (χ1) is 19.0. The summed E-state index contributed by atoms with van der Waals surface area (Å²) in [6, 6.07) is 19.9. The summed E-state index contributed by atoms with van der Waals surface area (Å²) in [6.07, 6.45) is 8.07. The van der Waals surface area contributed by atoms with Crippen LogP contribution in [0.5, 0.6) is 0 Å². The first-order valence-electron chi connectivity index (χ1n) is 13.0. The lowest BCUT2D eigenvalue weighted by Gasteiger charge is -2.37. The standard InChI is InChI=1S/C30H30FN7O/c1-37-20-24(19-35-37)23-8-13-28(27(31)15-23)38(30(39)34-17-21-5-3-2-4-6-21)26-11-9-25(10-12-26)36-29-14-7-22(16-32)18-33-29/h2-8,13-15,18-20,25-26H,9-12,17H2,1H3,(H,33,36)(H,34,39). The molecule has 1 aliphatic carbocycles. The van der Waals surface area contributed by atoms with Crippen LogP contribution in [0, 0.1) is 17.1 Å². The Morgan fingerprint density at radius 3 is 2.51 bits per heavy atom. The fraction of sp³-hybridized carbons (Fsp3) is 0.267. The number of halogens is 1. The lowest BCUT2D eigenvalue weighted by Crippen LogP contribution is -2.49. The molecule has 0 unspecified atom stereocenters. The molecule has 0 spiro atoms. The Balaban J connectivity index is 1.33. The van der Waals surface area contributed by atoms with Crippen molar-refractivity contribution in [1.82, 2.24) is 20.1 Å². The third-order valence-electron chi connectivity index (χ3n) is 7.06. The van der Waals surface area contributed by atoms with Crippen molar-refractivity contribution in [1.29, 1.82) is 5.26 Å². The molecule has 0 bridgehead atoms. The van der Waals surface area contributed by atoms with Gasteiger partial charge in [0.05, 0.1) is 17.4 Å². The lowest BCUT2D eigenvalue weighted by atomic mass is 9.89. The van der Waals surface area contributed by atoms with Gasteiger partial charge in [-0.15, -0.1) is 0 Å². The number of carbonyl (C=O) groups excluding carboxylic acids is 1. The Kier molecular flexibility index (Phi) is 7.83. The molecule has 2 N–H and O–H groups in total. The van der Waals surface area contributed by atoms with Gasteiger partial charge in [-0.25, -0.2) is 14.2 Å². The van der Waals surface area contributed by atoms with Crippen molar-refractivity contribution in [3.8, 4) is 17.2 Å². The summed E-state index contributed by atoms with van der Waals surface area (Å²) in [7, 11) is 1.82. The maximum Gasteiger partial charge on any atom is 0.322 e. The minimum atomic E-state index is -0.451. The highest BCUT2D eigenvalue weighted by Gasteiger charge is 2.32. The number of hydrogen-bond donors (Lipinski definition) is 2. The third-order valence-corrected chi connectivity index (χ3v) is 7.06. The maximum atomic E-state index is 15.6. The number of nitriles is 1. The number of nitrogens with one attached hydrogen (secondary N) is 2. The molecule has 2 amide bonds. The molecule has 1 aliphatic rings. The zero-order valence-corrected chi connectivity index (χ0v) is 21.7. The molecule has 5 rings (SSSR count). The van der Waals surface area contributed by atoms with E-state index in [2.05, 4.69) is 26.8 Å². The predicted molar refractivity (Wildman–Crippen MR) is 148 cm³/mol. The summed E-state index contributed by atoms with van der Waals surface area (Å²) in [4.78, 5) is 19.4. The molecule has 0 aliphatic heterocycles. The number of aromatic nitrogens is 3. The zero-order valence-electron chi connectivity index (χ0n) is 21.7. The van der Waals surface area contributed by atoms with Crippen molar-refractivity contribution >= 4 is 17.5 Å². The van der Waals surface area contributed by atoms with Crippen molar-refractivity contribution in [3.63, 3.8) is 0 Å². The number of urea groups is 1. The van der Waals surface area contributed by atoms with Gasteiger partial charge in [0.25, 0.3) is 0 Å². The molecular formula is C30H30FN7O. The number of amides is 2. The largest absolute Gasteiger partial charge is 0.367 e.